The average molecular weight is 351 g/mol. The first-order chi connectivity index (χ1) is 8.88. The predicted molar refractivity (Wildman–Crippen MR) is 76.6 cm³/mol. The van der Waals surface area contributed by atoms with E-state index in [1.165, 1.54) is 16.4 Å². The molecule has 1 unspecified atom stereocenters. The molecule has 1 saturated heterocycles. The summed E-state index contributed by atoms with van der Waals surface area (Å²) >= 11 is 3.13. The van der Waals surface area contributed by atoms with Crippen LogP contribution in [0.2, 0.25) is 0 Å². The van der Waals surface area contributed by atoms with Crippen LogP contribution in [0.3, 0.4) is 0 Å². The third-order valence-electron chi connectivity index (χ3n) is 3.13. The highest BCUT2D eigenvalue weighted by atomic mass is 79.9. The summed E-state index contributed by atoms with van der Waals surface area (Å²) in [4.78, 5) is 0. The lowest BCUT2D eigenvalue weighted by atomic mass is 10.0. The molecule has 1 heterocycles. The first-order valence-corrected chi connectivity index (χ1v) is 8.35. The zero-order valence-electron chi connectivity index (χ0n) is 10.6. The Hall–Kier alpha value is -0.660. The lowest BCUT2D eigenvalue weighted by Crippen LogP contribution is -2.42. The van der Waals surface area contributed by atoms with Gasteiger partial charge in [0.15, 0.2) is 0 Å². The van der Waals surface area contributed by atoms with Gasteiger partial charge < -0.3 is 0 Å². The molecule has 1 aliphatic rings. The van der Waals surface area contributed by atoms with E-state index in [1.807, 2.05) is 6.92 Å². The van der Waals surface area contributed by atoms with Crippen LogP contribution in [0.25, 0.3) is 0 Å². The molecule has 1 aromatic carbocycles. The van der Waals surface area contributed by atoms with Crippen molar-refractivity contribution in [1.29, 1.82) is 0 Å². The summed E-state index contributed by atoms with van der Waals surface area (Å²) in [6.45, 7) is 2.98. The van der Waals surface area contributed by atoms with Gasteiger partial charge in [0.1, 0.15) is 5.82 Å². The van der Waals surface area contributed by atoms with Gasteiger partial charge in [-0.15, -0.1) is 0 Å². The second-order valence-electron chi connectivity index (χ2n) is 4.84. The quantitative estimate of drug-likeness (QED) is 0.910. The summed E-state index contributed by atoms with van der Waals surface area (Å²) < 4.78 is 42.3. The molecule has 7 heteroatoms. The van der Waals surface area contributed by atoms with E-state index in [-0.39, 0.29) is 5.69 Å². The van der Waals surface area contributed by atoms with Crippen molar-refractivity contribution in [3.63, 3.8) is 0 Å². The van der Waals surface area contributed by atoms with Gasteiger partial charge >= 0.3 is 10.2 Å². The molecular formula is C12H16BrFN2O2S. The van der Waals surface area contributed by atoms with Gasteiger partial charge in [0.05, 0.1) is 5.69 Å². The van der Waals surface area contributed by atoms with Crippen LogP contribution in [0, 0.1) is 11.7 Å². The summed E-state index contributed by atoms with van der Waals surface area (Å²) in [5, 5.41) is 0. The Morgan fingerprint density at radius 2 is 2.21 bits per heavy atom. The van der Waals surface area contributed by atoms with Crippen LogP contribution in [0.15, 0.2) is 22.7 Å². The summed E-state index contributed by atoms with van der Waals surface area (Å²) in [6.07, 6.45) is 1.86. The van der Waals surface area contributed by atoms with Crippen LogP contribution >= 0.6 is 15.9 Å². The monoisotopic (exact) mass is 350 g/mol. The first kappa shape index (κ1) is 14.7. The van der Waals surface area contributed by atoms with E-state index < -0.39 is 16.0 Å². The van der Waals surface area contributed by atoms with E-state index in [0.29, 0.717) is 23.5 Å². The highest BCUT2D eigenvalue weighted by Gasteiger charge is 2.27. The standard InChI is InChI=1S/C12H16BrFN2O2S/c1-9-3-2-6-16(8-9)19(17,18)15-12-5-4-10(13)7-11(12)14/h4-5,7,9,15H,2-3,6,8H2,1H3. The average Bonchev–Trinajstić information content (AvgIpc) is 2.33. The fourth-order valence-corrected chi connectivity index (χ4v) is 3.87. The maximum Gasteiger partial charge on any atom is 0.301 e. The number of piperidine rings is 1. The van der Waals surface area contributed by atoms with E-state index >= 15 is 0 Å². The van der Waals surface area contributed by atoms with Crippen molar-refractivity contribution in [3.8, 4) is 0 Å². The molecule has 1 aromatic rings. The topological polar surface area (TPSA) is 49.4 Å². The number of nitrogens with zero attached hydrogens (tertiary/aromatic N) is 1. The number of benzene rings is 1. The molecule has 0 aliphatic carbocycles. The van der Waals surface area contributed by atoms with Gasteiger partial charge in [-0.05, 0) is 37.0 Å². The van der Waals surface area contributed by atoms with Crippen molar-refractivity contribution in [2.24, 2.45) is 5.92 Å². The van der Waals surface area contributed by atoms with Gasteiger partial charge in [-0.3, -0.25) is 4.72 Å². The molecule has 0 radical (unpaired) electrons. The number of hydrogen-bond acceptors (Lipinski definition) is 2. The molecular weight excluding hydrogens is 335 g/mol. The smallest absolute Gasteiger partial charge is 0.268 e. The first-order valence-electron chi connectivity index (χ1n) is 6.11. The van der Waals surface area contributed by atoms with E-state index in [2.05, 4.69) is 20.7 Å². The molecule has 4 nitrogen and oxygen atoms in total. The van der Waals surface area contributed by atoms with Crippen LogP contribution in [0.5, 0.6) is 0 Å². The summed E-state index contributed by atoms with van der Waals surface area (Å²) in [5.41, 5.74) is -0.0265. The normalized spacial score (nSPS) is 21.3. The number of anilines is 1. The highest BCUT2D eigenvalue weighted by Crippen LogP contribution is 2.23. The van der Waals surface area contributed by atoms with Crippen LogP contribution in [-0.2, 0) is 10.2 Å². The van der Waals surface area contributed by atoms with E-state index in [1.54, 1.807) is 6.07 Å². The lowest BCUT2D eigenvalue weighted by Gasteiger charge is -2.30. The van der Waals surface area contributed by atoms with Crippen LogP contribution in [0.1, 0.15) is 19.8 Å². The maximum absolute atomic E-state index is 13.6. The Balaban J connectivity index is 2.16. The fraction of sp³-hybridized carbons (Fsp3) is 0.500. The van der Waals surface area contributed by atoms with Gasteiger partial charge in [-0.1, -0.05) is 22.9 Å². The molecule has 0 bridgehead atoms. The molecule has 1 fully saturated rings. The van der Waals surface area contributed by atoms with E-state index in [9.17, 15) is 12.8 Å². The van der Waals surface area contributed by atoms with Crippen LogP contribution in [-0.4, -0.2) is 25.8 Å². The van der Waals surface area contributed by atoms with Gasteiger partial charge in [0.2, 0.25) is 0 Å². The van der Waals surface area contributed by atoms with Crippen LogP contribution in [0.4, 0.5) is 10.1 Å². The molecule has 1 N–H and O–H groups in total. The molecule has 1 atom stereocenters. The fourth-order valence-electron chi connectivity index (χ4n) is 2.14. The summed E-state index contributed by atoms with van der Waals surface area (Å²) in [6, 6.07) is 4.24. The second kappa shape index (κ2) is 5.76. The van der Waals surface area contributed by atoms with Crippen molar-refractivity contribution < 1.29 is 12.8 Å². The van der Waals surface area contributed by atoms with Crippen molar-refractivity contribution in [2.75, 3.05) is 17.8 Å². The third-order valence-corrected chi connectivity index (χ3v) is 5.11. The van der Waals surface area contributed by atoms with Gasteiger partial charge in [0.25, 0.3) is 0 Å². The maximum atomic E-state index is 13.6. The van der Waals surface area contributed by atoms with Crippen molar-refractivity contribution in [3.05, 3.63) is 28.5 Å². The molecule has 106 valence electrons. The van der Waals surface area contributed by atoms with Gasteiger partial charge in [-0.25, -0.2) is 4.39 Å². The predicted octanol–water partition coefficient (Wildman–Crippen LogP) is 2.98. The third kappa shape index (κ3) is 3.67. The lowest BCUT2D eigenvalue weighted by molar-refractivity contribution is 0.282. The Bertz CT molecular complexity index is 565. The van der Waals surface area contributed by atoms with Crippen molar-refractivity contribution in [1.82, 2.24) is 4.31 Å². The molecule has 0 spiro atoms. The number of rotatable bonds is 3. The Morgan fingerprint density at radius 3 is 2.84 bits per heavy atom. The zero-order chi connectivity index (χ0) is 14.0. The van der Waals surface area contributed by atoms with Crippen LogP contribution < -0.4 is 4.72 Å². The number of nitrogens with one attached hydrogen (secondary N) is 1. The molecule has 0 saturated carbocycles. The summed E-state index contributed by atoms with van der Waals surface area (Å²) in [7, 11) is -3.68. The minimum atomic E-state index is -3.68. The molecule has 19 heavy (non-hydrogen) atoms. The van der Waals surface area contributed by atoms with Crippen molar-refractivity contribution in [2.45, 2.75) is 19.8 Å². The SMILES string of the molecule is CC1CCCN(S(=O)(=O)Nc2ccc(Br)cc2F)C1. The number of halogens is 2. The largest absolute Gasteiger partial charge is 0.301 e. The molecule has 0 aromatic heterocycles. The molecule has 2 rings (SSSR count). The second-order valence-corrected chi connectivity index (χ2v) is 7.42. The van der Waals surface area contributed by atoms with Gasteiger partial charge in [0, 0.05) is 17.6 Å². The highest BCUT2D eigenvalue weighted by molar-refractivity contribution is 9.10. The zero-order valence-corrected chi connectivity index (χ0v) is 13.0. The molecule has 0 amide bonds. The molecule has 1 aliphatic heterocycles. The minimum absolute atomic E-state index is 0.0265. The summed E-state index contributed by atoms with van der Waals surface area (Å²) in [5.74, 6) is -0.261. The van der Waals surface area contributed by atoms with E-state index in [4.69, 9.17) is 0 Å². The Kier molecular flexibility index (Phi) is 4.47. The van der Waals surface area contributed by atoms with Gasteiger partial charge in [-0.2, -0.15) is 12.7 Å². The Morgan fingerprint density at radius 1 is 1.47 bits per heavy atom. The van der Waals surface area contributed by atoms with Crippen molar-refractivity contribution >= 4 is 31.8 Å². The Labute approximate surface area is 121 Å². The minimum Gasteiger partial charge on any atom is -0.268 e. The van der Waals surface area contributed by atoms with E-state index in [0.717, 1.165) is 12.8 Å². The number of hydrogen-bond donors (Lipinski definition) is 1.